The van der Waals surface area contributed by atoms with Gasteiger partial charge in [-0.15, -0.1) is 0 Å². The van der Waals surface area contributed by atoms with Crippen LogP contribution in [-0.4, -0.2) is 42.4 Å². The molecule has 0 aromatic heterocycles. The average Bonchev–Trinajstić information content (AvgIpc) is 2.81. The highest BCUT2D eigenvalue weighted by molar-refractivity contribution is 7.99. The summed E-state index contributed by atoms with van der Waals surface area (Å²) in [5.74, 6) is 1.62. The number of phenols is 1. The van der Waals surface area contributed by atoms with E-state index in [1.807, 2.05) is 0 Å². The van der Waals surface area contributed by atoms with E-state index in [1.54, 1.807) is 30.9 Å². The zero-order valence-corrected chi connectivity index (χ0v) is 11.2. The molecule has 0 spiro atoms. The fourth-order valence-corrected chi connectivity index (χ4v) is 4.66. The molecule has 1 aromatic rings. The maximum absolute atomic E-state index is 12.3. The van der Waals surface area contributed by atoms with Gasteiger partial charge in [-0.3, -0.25) is 0 Å². The van der Waals surface area contributed by atoms with Crippen LogP contribution in [-0.2, 0) is 10.0 Å². The number of benzene rings is 1. The van der Waals surface area contributed by atoms with Gasteiger partial charge in [0.15, 0.2) is 0 Å². The van der Waals surface area contributed by atoms with Crippen molar-refractivity contribution in [2.45, 2.75) is 17.4 Å². The van der Waals surface area contributed by atoms with Gasteiger partial charge in [0.2, 0.25) is 10.0 Å². The predicted molar refractivity (Wildman–Crippen MR) is 68.8 cm³/mol. The minimum Gasteiger partial charge on any atom is -0.507 e. The van der Waals surface area contributed by atoms with Crippen LogP contribution in [0.2, 0.25) is 0 Å². The van der Waals surface area contributed by atoms with E-state index >= 15 is 0 Å². The molecule has 0 saturated carbocycles. The topological polar surface area (TPSA) is 57.6 Å². The Labute approximate surface area is 106 Å². The van der Waals surface area contributed by atoms with E-state index in [0.717, 1.165) is 17.9 Å². The van der Waals surface area contributed by atoms with Crippen LogP contribution < -0.4 is 0 Å². The second-order valence-corrected chi connectivity index (χ2v) is 7.12. The molecule has 0 aliphatic carbocycles. The first-order chi connectivity index (χ1) is 8.03. The number of aromatic hydroxyl groups is 1. The number of sulfonamides is 1. The van der Waals surface area contributed by atoms with Crippen LogP contribution in [0, 0.1) is 0 Å². The molecule has 94 valence electrons. The van der Waals surface area contributed by atoms with E-state index in [0.29, 0.717) is 0 Å². The average molecular weight is 273 g/mol. The molecule has 1 saturated heterocycles. The summed E-state index contributed by atoms with van der Waals surface area (Å²) < 4.78 is 26.0. The van der Waals surface area contributed by atoms with Crippen molar-refractivity contribution in [2.24, 2.45) is 0 Å². The standard InChI is InChI=1S/C11H15NO3S2/c1-12(9-6-7-16-8-9)17(14,15)11-5-3-2-4-10(11)13/h2-5,9,13H,6-8H2,1H3. The molecule has 1 aromatic carbocycles. The Morgan fingerprint density at radius 3 is 2.71 bits per heavy atom. The Bertz CT molecular complexity index is 495. The van der Waals surface area contributed by atoms with E-state index in [1.165, 1.54) is 16.4 Å². The molecule has 0 radical (unpaired) electrons. The van der Waals surface area contributed by atoms with Gasteiger partial charge in [-0.2, -0.15) is 16.1 Å². The van der Waals surface area contributed by atoms with Crippen LogP contribution in [0.1, 0.15) is 6.42 Å². The number of hydrogen-bond acceptors (Lipinski definition) is 4. The van der Waals surface area contributed by atoms with Gasteiger partial charge in [0, 0.05) is 18.8 Å². The van der Waals surface area contributed by atoms with Crippen LogP contribution in [0.5, 0.6) is 5.75 Å². The number of phenolic OH excluding ortho intramolecular Hbond substituents is 1. The van der Waals surface area contributed by atoms with Gasteiger partial charge < -0.3 is 5.11 Å². The largest absolute Gasteiger partial charge is 0.507 e. The normalized spacial score (nSPS) is 20.9. The summed E-state index contributed by atoms with van der Waals surface area (Å²) in [5, 5.41) is 9.63. The van der Waals surface area contributed by atoms with E-state index in [-0.39, 0.29) is 16.7 Å². The number of nitrogens with zero attached hydrogens (tertiary/aromatic N) is 1. The zero-order chi connectivity index (χ0) is 12.5. The second-order valence-electron chi connectivity index (χ2n) is 4.01. The van der Waals surface area contributed by atoms with Crippen molar-refractivity contribution in [3.63, 3.8) is 0 Å². The maximum Gasteiger partial charge on any atom is 0.246 e. The molecule has 17 heavy (non-hydrogen) atoms. The van der Waals surface area contributed by atoms with Crippen LogP contribution in [0.4, 0.5) is 0 Å². The highest BCUT2D eigenvalue weighted by Gasteiger charge is 2.31. The van der Waals surface area contributed by atoms with Gasteiger partial charge in [0.1, 0.15) is 10.6 Å². The van der Waals surface area contributed by atoms with Crippen molar-refractivity contribution in [2.75, 3.05) is 18.6 Å². The molecule has 4 nitrogen and oxygen atoms in total. The third kappa shape index (κ3) is 2.43. The number of rotatable bonds is 3. The second kappa shape index (κ2) is 4.88. The summed E-state index contributed by atoms with van der Waals surface area (Å²) in [6.45, 7) is 0. The fraction of sp³-hybridized carbons (Fsp3) is 0.455. The van der Waals surface area contributed by atoms with Crippen molar-refractivity contribution in [3.8, 4) is 5.75 Å². The highest BCUT2D eigenvalue weighted by atomic mass is 32.2. The van der Waals surface area contributed by atoms with Gasteiger partial charge in [-0.05, 0) is 24.3 Å². The lowest BCUT2D eigenvalue weighted by Gasteiger charge is -2.23. The van der Waals surface area contributed by atoms with Gasteiger partial charge in [0.25, 0.3) is 0 Å². The zero-order valence-electron chi connectivity index (χ0n) is 9.54. The molecule has 1 fully saturated rings. The Morgan fingerprint density at radius 2 is 2.12 bits per heavy atom. The van der Waals surface area contributed by atoms with Crippen molar-refractivity contribution >= 4 is 21.8 Å². The molecule has 0 amide bonds. The Morgan fingerprint density at radius 1 is 1.41 bits per heavy atom. The van der Waals surface area contributed by atoms with Crippen LogP contribution in [0.15, 0.2) is 29.2 Å². The molecule has 1 N–H and O–H groups in total. The number of para-hydroxylation sites is 1. The number of thioether (sulfide) groups is 1. The maximum atomic E-state index is 12.3. The smallest absolute Gasteiger partial charge is 0.246 e. The summed E-state index contributed by atoms with van der Waals surface area (Å²) in [6.07, 6.45) is 0.869. The van der Waals surface area contributed by atoms with Gasteiger partial charge in [0.05, 0.1) is 0 Å². The molecular formula is C11H15NO3S2. The summed E-state index contributed by atoms with van der Waals surface area (Å²) in [7, 11) is -2.00. The molecule has 1 aliphatic heterocycles. The van der Waals surface area contributed by atoms with Crippen molar-refractivity contribution in [1.29, 1.82) is 0 Å². The van der Waals surface area contributed by atoms with Crippen LogP contribution >= 0.6 is 11.8 Å². The van der Waals surface area contributed by atoms with Gasteiger partial charge >= 0.3 is 0 Å². The van der Waals surface area contributed by atoms with E-state index < -0.39 is 10.0 Å². The first-order valence-electron chi connectivity index (χ1n) is 5.37. The lowest BCUT2D eigenvalue weighted by molar-refractivity contribution is 0.389. The third-order valence-corrected chi connectivity index (χ3v) is 6.04. The lowest BCUT2D eigenvalue weighted by atomic mass is 10.3. The Hall–Kier alpha value is -0.720. The molecule has 1 aliphatic rings. The molecule has 6 heteroatoms. The monoisotopic (exact) mass is 273 g/mol. The van der Waals surface area contributed by atoms with Gasteiger partial charge in [-0.1, -0.05) is 12.1 Å². The number of hydrogen-bond donors (Lipinski definition) is 1. The SMILES string of the molecule is CN(C1CCSC1)S(=O)(=O)c1ccccc1O. The van der Waals surface area contributed by atoms with E-state index in [2.05, 4.69) is 0 Å². The first kappa shape index (κ1) is 12.7. The lowest BCUT2D eigenvalue weighted by Crippen LogP contribution is -2.36. The molecular weight excluding hydrogens is 258 g/mol. The van der Waals surface area contributed by atoms with E-state index in [9.17, 15) is 13.5 Å². The van der Waals surface area contributed by atoms with Crippen molar-refractivity contribution in [3.05, 3.63) is 24.3 Å². The first-order valence-corrected chi connectivity index (χ1v) is 7.97. The Balaban J connectivity index is 2.33. The van der Waals surface area contributed by atoms with Crippen LogP contribution in [0.3, 0.4) is 0 Å². The molecule has 2 rings (SSSR count). The summed E-state index contributed by atoms with van der Waals surface area (Å²) >= 11 is 1.76. The summed E-state index contributed by atoms with van der Waals surface area (Å²) in [6, 6.07) is 6.08. The van der Waals surface area contributed by atoms with Crippen LogP contribution in [0.25, 0.3) is 0 Å². The van der Waals surface area contributed by atoms with Crippen molar-refractivity contribution in [1.82, 2.24) is 4.31 Å². The quantitative estimate of drug-likeness (QED) is 0.907. The third-order valence-electron chi connectivity index (χ3n) is 2.94. The van der Waals surface area contributed by atoms with E-state index in [4.69, 9.17) is 0 Å². The molecule has 0 bridgehead atoms. The molecule has 1 heterocycles. The predicted octanol–water partition coefficient (Wildman–Crippen LogP) is 1.52. The Kier molecular flexibility index (Phi) is 3.65. The summed E-state index contributed by atoms with van der Waals surface area (Å²) in [5.41, 5.74) is 0. The fourth-order valence-electron chi connectivity index (χ4n) is 1.84. The highest BCUT2D eigenvalue weighted by Crippen LogP contribution is 2.29. The van der Waals surface area contributed by atoms with Gasteiger partial charge in [-0.25, -0.2) is 8.42 Å². The minimum absolute atomic E-state index is 0.0144. The molecule has 1 unspecified atom stereocenters. The molecule has 1 atom stereocenters. The van der Waals surface area contributed by atoms with Crippen molar-refractivity contribution < 1.29 is 13.5 Å². The summed E-state index contributed by atoms with van der Waals surface area (Å²) in [4.78, 5) is -0.0144. The minimum atomic E-state index is -3.58.